The Hall–Kier alpha value is -2.73. The maximum absolute atomic E-state index is 10.9. The lowest BCUT2D eigenvalue weighted by atomic mass is 10.2. The van der Waals surface area contributed by atoms with E-state index < -0.39 is 0 Å². The number of hydrogen-bond acceptors (Lipinski definition) is 2. The fourth-order valence-electron chi connectivity index (χ4n) is 1.69. The second kappa shape index (κ2) is 7.01. The Morgan fingerprint density at radius 3 is 2.30 bits per heavy atom. The van der Waals surface area contributed by atoms with E-state index in [0.29, 0.717) is 6.54 Å². The molecule has 0 aliphatic rings. The molecule has 0 aliphatic heterocycles. The third-order valence-corrected chi connectivity index (χ3v) is 2.59. The topological polar surface area (TPSA) is 41.1 Å². The molecule has 0 saturated heterocycles. The van der Waals surface area contributed by atoms with Crippen molar-refractivity contribution in [3.8, 4) is 11.8 Å². The highest BCUT2D eigenvalue weighted by Gasteiger charge is 1.95. The van der Waals surface area contributed by atoms with Gasteiger partial charge in [-0.1, -0.05) is 30.0 Å². The molecule has 0 spiro atoms. The zero-order valence-electron chi connectivity index (χ0n) is 11.3. The summed E-state index contributed by atoms with van der Waals surface area (Å²) in [5.74, 6) is 6.08. The molecule has 2 N–H and O–H groups in total. The van der Waals surface area contributed by atoms with Crippen LogP contribution in [0.1, 0.15) is 12.5 Å². The lowest BCUT2D eigenvalue weighted by molar-refractivity contribution is -0.114. The van der Waals surface area contributed by atoms with Crippen molar-refractivity contribution in [1.29, 1.82) is 0 Å². The van der Waals surface area contributed by atoms with Gasteiger partial charge in [-0.25, -0.2) is 0 Å². The van der Waals surface area contributed by atoms with E-state index in [1.165, 1.54) is 6.92 Å². The van der Waals surface area contributed by atoms with E-state index >= 15 is 0 Å². The van der Waals surface area contributed by atoms with Gasteiger partial charge in [0.15, 0.2) is 0 Å². The summed E-state index contributed by atoms with van der Waals surface area (Å²) in [5, 5.41) is 5.94. The van der Waals surface area contributed by atoms with Gasteiger partial charge in [0.25, 0.3) is 0 Å². The number of carbonyl (C=O) groups excluding carboxylic acids is 1. The van der Waals surface area contributed by atoms with Gasteiger partial charge in [0.2, 0.25) is 5.91 Å². The van der Waals surface area contributed by atoms with E-state index in [1.807, 2.05) is 54.6 Å². The molecule has 0 bridgehead atoms. The zero-order chi connectivity index (χ0) is 14.2. The smallest absolute Gasteiger partial charge is 0.221 e. The van der Waals surface area contributed by atoms with Gasteiger partial charge in [-0.3, -0.25) is 4.79 Å². The first-order valence-corrected chi connectivity index (χ1v) is 6.39. The Labute approximate surface area is 119 Å². The number of benzene rings is 2. The van der Waals surface area contributed by atoms with Crippen LogP contribution in [0.3, 0.4) is 0 Å². The van der Waals surface area contributed by atoms with E-state index in [9.17, 15) is 4.79 Å². The van der Waals surface area contributed by atoms with E-state index in [-0.39, 0.29) is 5.91 Å². The molecule has 3 heteroatoms. The molecule has 1 amide bonds. The maximum atomic E-state index is 10.9. The van der Waals surface area contributed by atoms with E-state index in [2.05, 4.69) is 22.5 Å². The number of hydrogen-bond donors (Lipinski definition) is 2. The SMILES string of the molecule is CC(=O)Nc1ccc(NCC#Cc2ccccc2)cc1. The minimum absolute atomic E-state index is 0.0700. The summed E-state index contributed by atoms with van der Waals surface area (Å²) < 4.78 is 0. The summed E-state index contributed by atoms with van der Waals surface area (Å²) >= 11 is 0. The lowest BCUT2D eigenvalue weighted by Crippen LogP contribution is -2.05. The van der Waals surface area contributed by atoms with Crippen LogP contribution in [0.5, 0.6) is 0 Å². The Morgan fingerprint density at radius 2 is 1.65 bits per heavy atom. The van der Waals surface area contributed by atoms with Crippen LogP contribution in [0.25, 0.3) is 0 Å². The summed E-state index contributed by atoms with van der Waals surface area (Å²) in [7, 11) is 0. The third kappa shape index (κ3) is 4.51. The number of nitrogens with one attached hydrogen (secondary N) is 2. The molecule has 0 heterocycles. The van der Waals surface area contributed by atoms with Crippen LogP contribution in [0.15, 0.2) is 54.6 Å². The molecule has 20 heavy (non-hydrogen) atoms. The molecule has 0 atom stereocenters. The van der Waals surface area contributed by atoms with Crippen molar-refractivity contribution in [3.05, 3.63) is 60.2 Å². The van der Waals surface area contributed by atoms with Crippen molar-refractivity contribution >= 4 is 17.3 Å². The number of carbonyl (C=O) groups is 1. The van der Waals surface area contributed by atoms with Gasteiger partial charge < -0.3 is 10.6 Å². The summed E-state index contributed by atoms with van der Waals surface area (Å²) in [4.78, 5) is 10.9. The highest BCUT2D eigenvalue weighted by atomic mass is 16.1. The molecule has 2 rings (SSSR count). The van der Waals surface area contributed by atoms with Gasteiger partial charge in [-0.2, -0.15) is 0 Å². The van der Waals surface area contributed by atoms with Crippen molar-refractivity contribution in [1.82, 2.24) is 0 Å². The van der Waals surface area contributed by atoms with Gasteiger partial charge in [-0.15, -0.1) is 0 Å². The standard InChI is InChI=1S/C17H16N2O/c1-14(20)19-17-11-9-16(10-12-17)18-13-5-8-15-6-3-2-4-7-15/h2-4,6-7,9-12,18H,13H2,1H3,(H,19,20). The van der Waals surface area contributed by atoms with Crippen molar-refractivity contribution in [2.45, 2.75) is 6.92 Å². The molecule has 0 saturated carbocycles. The van der Waals surface area contributed by atoms with Crippen LogP contribution in [-0.4, -0.2) is 12.5 Å². The highest BCUT2D eigenvalue weighted by molar-refractivity contribution is 5.88. The molecule has 2 aromatic rings. The molecular formula is C17H16N2O. The number of rotatable bonds is 3. The minimum atomic E-state index is -0.0700. The Morgan fingerprint density at radius 1 is 1.00 bits per heavy atom. The third-order valence-electron chi connectivity index (χ3n) is 2.59. The number of anilines is 2. The molecule has 2 aromatic carbocycles. The van der Waals surface area contributed by atoms with Crippen molar-refractivity contribution in [2.24, 2.45) is 0 Å². The monoisotopic (exact) mass is 264 g/mol. The van der Waals surface area contributed by atoms with Crippen LogP contribution >= 0.6 is 0 Å². The summed E-state index contributed by atoms with van der Waals surface area (Å²) in [6.07, 6.45) is 0. The van der Waals surface area contributed by atoms with Gasteiger partial charge >= 0.3 is 0 Å². The number of amides is 1. The van der Waals surface area contributed by atoms with E-state index in [4.69, 9.17) is 0 Å². The molecule has 3 nitrogen and oxygen atoms in total. The predicted molar refractivity (Wildman–Crippen MR) is 82.6 cm³/mol. The molecular weight excluding hydrogens is 248 g/mol. The zero-order valence-corrected chi connectivity index (χ0v) is 11.3. The van der Waals surface area contributed by atoms with Gasteiger partial charge in [0, 0.05) is 23.9 Å². The van der Waals surface area contributed by atoms with Crippen LogP contribution in [-0.2, 0) is 4.79 Å². The lowest BCUT2D eigenvalue weighted by Gasteiger charge is -2.05. The first-order chi connectivity index (χ1) is 9.74. The summed E-state index contributed by atoms with van der Waals surface area (Å²) in [6, 6.07) is 17.4. The molecule has 0 aliphatic carbocycles. The van der Waals surface area contributed by atoms with Crippen molar-refractivity contribution in [2.75, 3.05) is 17.2 Å². The Bertz CT molecular complexity index is 622. The molecule has 0 aromatic heterocycles. The van der Waals surface area contributed by atoms with Gasteiger partial charge in [0.05, 0.1) is 6.54 Å². The average Bonchev–Trinajstić information content (AvgIpc) is 2.46. The first-order valence-electron chi connectivity index (χ1n) is 6.39. The maximum Gasteiger partial charge on any atom is 0.221 e. The van der Waals surface area contributed by atoms with Crippen LogP contribution in [0.4, 0.5) is 11.4 Å². The van der Waals surface area contributed by atoms with Gasteiger partial charge in [0.1, 0.15) is 0 Å². The largest absolute Gasteiger partial charge is 0.374 e. The van der Waals surface area contributed by atoms with Crippen molar-refractivity contribution < 1.29 is 4.79 Å². The van der Waals surface area contributed by atoms with Gasteiger partial charge in [-0.05, 0) is 36.4 Å². The molecule has 0 fully saturated rings. The summed E-state index contributed by atoms with van der Waals surface area (Å²) in [6.45, 7) is 2.07. The first kappa shape index (κ1) is 13.7. The second-order valence-electron chi connectivity index (χ2n) is 4.28. The fraction of sp³-hybridized carbons (Fsp3) is 0.118. The normalized spacial score (nSPS) is 9.25. The van der Waals surface area contributed by atoms with Crippen LogP contribution in [0.2, 0.25) is 0 Å². The average molecular weight is 264 g/mol. The summed E-state index contributed by atoms with van der Waals surface area (Å²) in [5.41, 5.74) is 2.77. The van der Waals surface area contributed by atoms with Crippen molar-refractivity contribution in [3.63, 3.8) is 0 Å². The molecule has 100 valence electrons. The predicted octanol–water partition coefficient (Wildman–Crippen LogP) is 3.11. The Kier molecular flexibility index (Phi) is 4.80. The van der Waals surface area contributed by atoms with E-state index in [1.54, 1.807) is 0 Å². The van der Waals surface area contributed by atoms with E-state index in [0.717, 1.165) is 16.9 Å². The Balaban J connectivity index is 1.86. The molecule has 0 unspecified atom stereocenters. The van der Waals surface area contributed by atoms with Crippen LogP contribution < -0.4 is 10.6 Å². The quantitative estimate of drug-likeness (QED) is 0.836. The fourth-order valence-corrected chi connectivity index (χ4v) is 1.69. The van der Waals surface area contributed by atoms with Crippen LogP contribution in [0, 0.1) is 11.8 Å². The second-order valence-corrected chi connectivity index (χ2v) is 4.28. The minimum Gasteiger partial charge on any atom is -0.374 e. The highest BCUT2D eigenvalue weighted by Crippen LogP contribution is 2.12. The molecule has 0 radical (unpaired) electrons.